The van der Waals surface area contributed by atoms with Crippen LogP contribution < -0.4 is 10.2 Å². The minimum Gasteiger partial charge on any atom is -0.357 e. The van der Waals surface area contributed by atoms with Crippen molar-refractivity contribution in [2.45, 2.75) is 31.7 Å². The maximum Gasteiger partial charge on any atom is 0.225 e. The van der Waals surface area contributed by atoms with Crippen LogP contribution in [0.3, 0.4) is 0 Å². The molecule has 2 aliphatic carbocycles. The van der Waals surface area contributed by atoms with Gasteiger partial charge < -0.3 is 10.2 Å². The Kier molecular flexibility index (Phi) is 2.62. The summed E-state index contributed by atoms with van der Waals surface area (Å²) in [5, 5.41) is 6.42. The lowest BCUT2D eigenvalue weighted by Gasteiger charge is -2.24. The van der Waals surface area contributed by atoms with Crippen LogP contribution in [0.4, 0.5) is 11.8 Å². The molecule has 0 radical (unpaired) electrons. The second-order valence-corrected chi connectivity index (χ2v) is 6.48. The molecule has 0 atom stereocenters. The number of nitrogens with one attached hydrogen (secondary N) is 1. The van der Waals surface area contributed by atoms with Crippen molar-refractivity contribution in [3.05, 3.63) is 11.4 Å². The maximum absolute atomic E-state index is 4.74. The normalized spacial score (nSPS) is 18.8. The molecule has 2 fully saturated rings. The summed E-state index contributed by atoms with van der Waals surface area (Å²) < 4.78 is 0. The Morgan fingerprint density at radius 1 is 1.32 bits per heavy atom. The Labute approximate surface area is 116 Å². The molecule has 19 heavy (non-hydrogen) atoms. The van der Waals surface area contributed by atoms with Gasteiger partial charge in [0.15, 0.2) is 0 Å². The second-order valence-electron chi connectivity index (χ2n) is 5.59. The molecule has 4 rings (SSSR count). The molecule has 2 aromatic heterocycles. The molecule has 0 unspecified atom stereocenters. The maximum atomic E-state index is 4.74. The zero-order chi connectivity index (χ0) is 12.8. The van der Waals surface area contributed by atoms with E-state index in [1.54, 1.807) is 11.3 Å². The molecular weight excluding hydrogens is 256 g/mol. The van der Waals surface area contributed by atoms with E-state index in [2.05, 4.69) is 26.6 Å². The molecule has 0 aromatic carbocycles. The summed E-state index contributed by atoms with van der Waals surface area (Å²) in [6.45, 7) is 1.18. The van der Waals surface area contributed by atoms with Crippen LogP contribution in [0.2, 0.25) is 0 Å². The Bertz CT molecular complexity index is 601. The van der Waals surface area contributed by atoms with Gasteiger partial charge in [-0.3, -0.25) is 0 Å². The van der Waals surface area contributed by atoms with Crippen LogP contribution in [0, 0.1) is 5.92 Å². The number of thiophene rings is 1. The van der Waals surface area contributed by atoms with E-state index in [1.165, 1.54) is 37.6 Å². The van der Waals surface area contributed by atoms with Gasteiger partial charge in [-0.25, -0.2) is 4.98 Å². The topological polar surface area (TPSA) is 41.1 Å². The number of rotatable bonds is 5. The van der Waals surface area contributed by atoms with Crippen LogP contribution in [0.1, 0.15) is 25.7 Å². The van der Waals surface area contributed by atoms with E-state index in [-0.39, 0.29) is 0 Å². The summed E-state index contributed by atoms with van der Waals surface area (Å²) in [5.74, 6) is 2.78. The van der Waals surface area contributed by atoms with Gasteiger partial charge in [0.2, 0.25) is 5.95 Å². The first-order valence-corrected chi connectivity index (χ1v) is 7.93. The molecule has 1 N–H and O–H groups in total. The quantitative estimate of drug-likeness (QED) is 0.909. The molecule has 2 heterocycles. The highest BCUT2D eigenvalue weighted by molar-refractivity contribution is 7.16. The molecule has 4 nitrogen and oxygen atoms in total. The first-order chi connectivity index (χ1) is 9.35. The highest BCUT2D eigenvalue weighted by Gasteiger charge is 2.35. The highest BCUT2D eigenvalue weighted by Crippen LogP contribution is 2.40. The van der Waals surface area contributed by atoms with Gasteiger partial charge in [0, 0.05) is 19.6 Å². The summed E-state index contributed by atoms with van der Waals surface area (Å²) >= 11 is 1.70. The van der Waals surface area contributed by atoms with E-state index in [0.717, 1.165) is 22.5 Å². The van der Waals surface area contributed by atoms with Gasteiger partial charge in [-0.2, -0.15) is 4.98 Å². The fourth-order valence-corrected chi connectivity index (χ4v) is 3.30. The van der Waals surface area contributed by atoms with Gasteiger partial charge in [0.05, 0.1) is 5.39 Å². The van der Waals surface area contributed by atoms with E-state index in [1.807, 2.05) is 7.05 Å². The Morgan fingerprint density at radius 3 is 2.84 bits per heavy atom. The van der Waals surface area contributed by atoms with Crippen LogP contribution in [-0.4, -0.2) is 29.6 Å². The number of nitrogens with zero attached hydrogens (tertiary/aromatic N) is 3. The highest BCUT2D eigenvalue weighted by atomic mass is 32.1. The fraction of sp³-hybridized carbons (Fsp3) is 0.571. The summed E-state index contributed by atoms with van der Waals surface area (Å²) in [5.41, 5.74) is 0. The van der Waals surface area contributed by atoms with E-state index in [0.29, 0.717) is 6.04 Å². The van der Waals surface area contributed by atoms with Crippen molar-refractivity contribution in [3.8, 4) is 0 Å². The molecule has 0 bridgehead atoms. The van der Waals surface area contributed by atoms with Gasteiger partial charge in [0.25, 0.3) is 0 Å². The van der Waals surface area contributed by atoms with E-state index in [9.17, 15) is 0 Å². The van der Waals surface area contributed by atoms with Crippen LogP contribution in [-0.2, 0) is 0 Å². The molecular formula is C14H18N4S. The van der Waals surface area contributed by atoms with Gasteiger partial charge in [-0.15, -0.1) is 11.3 Å². The second kappa shape index (κ2) is 4.34. The lowest BCUT2D eigenvalue weighted by molar-refractivity contribution is 0.711. The molecule has 2 saturated carbocycles. The van der Waals surface area contributed by atoms with Crippen molar-refractivity contribution >= 4 is 33.3 Å². The molecule has 2 aromatic rings. The zero-order valence-electron chi connectivity index (χ0n) is 11.1. The summed E-state index contributed by atoms with van der Waals surface area (Å²) in [6.07, 6.45) is 5.41. The predicted molar refractivity (Wildman–Crippen MR) is 80.1 cm³/mol. The third kappa shape index (κ3) is 2.16. The number of anilines is 2. The molecule has 5 heteroatoms. The van der Waals surface area contributed by atoms with Crippen molar-refractivity contribution < 1.29 is 0 Å². The van der Waals surface area contributed by atoms with Gasteiger partial charge >= 0.3 is 0 Å². The first-order valence-electron chi connectivity index (χ1n) is 7.05. The van der Waals surface area contributed by atoms with Crippen LogP contribution in [0.5, 0.6) is 0 Å². The third-order valence-corrected chi connectivity index (χ3v) is 4.75. The molecule has 100 valence electrons. The summed E-state index contributed by atoms with van der Waals surface area (Å²) in [7, 11) is 1.89. The SMILES string of the molecule is CNc1nc(N(CC2CC2)C2CC2)c2ccsc2n1. The third-order valence-electron chi connectivity index (χ3n) is 3.94. The smallest absolute Gasteiger partial charge is 0.225 e. The monoisotopic (exact) mass is 274 g/mol. The Morgan fingerprint density at radius 2 is 2.16 bits per heavy atom. The van der Waals surface area contributed by atoms with E-state index in [4.69, 9.17) is 4.98 Å². The number of hydrogen-bond donors (Lipinski definition) is 1. The standard InChI is InChI=1S/C14H18N4S/c1-15-14-16-12(11-6-7-19-13(11)17-14)18(10-4-5-10)8-9-2-3-9/h6-7,9-10H,2-5,8H2,1H3,(H,15,16,17). The molecule has 2 aliphatic rings. The summed E-state index contributed by atoms with van der Waals surface area (Å²) in [6, 6.07) is 2.88. The molecule has 0 spiro atoms. The van der Waals surface area contributed by atoms with Gasteiger partial charge in [-0.05, 0) is 43.0 Å². The minimum atomic E-state index is 0.711. The molecule has 0 amide bonds. The van der Waals surface area contributed by atoms with E-state index >= 15 is 0 Å². The largest absolute Gasteiger partial charge is 0.357 e. The molecule has 0 aliphatic heterocycles. The molecule has 0 saturated heterocycles. The van der Waals surface area contributed by atoms with Crippen molar-refractivity contribution in [1.82, 2.24) is 9.97 Å². The van der Waals surface area contributed by atoms with Gasteiger partial charge in [0.1, 0.15) is 10.6 Å². The first kappa shape index (κ1) is 11.5. The lowest BCUT2D eigenvalue weighted by Crippen LogP contribution is -2.29. The van der Waals surface area contributed by atoms with Crippen molar-refractivity contribution in [1.29, 1.82) is 0 Å². The van der Waals surface area contributed by atoms with Crippen molar-refractivity contribution in [2.24, 2.45) is 5.92 Å². The number of aromatic nitrogens is 2. The lowest BCUT2D eigenvalue weighted by atomic mass is 10.3. The fourth-order valence-electron chi connectivity index (χ4n) is 2.54. The number of hydrogen-bond acceptors (Lipinski definition) is 5. The van der Waals surface area contributed by atoms with Crippen LogP contribution in [0.25, 0.3) is 10.2 Å². The van der Waals surface area contributed by atoms with Crippen LogP contribution in [0.15, 0.2) is 11.4 Å². The number of fused-ring (bicyclic) bond motifs is 1. The van der Waals surface area contributed by atoms with Crippen molar-refractivity contribution in [3.63, 3.8) is 0 Å². The van der Waals surface area contributed by atoms with Crippen molar-refractivity contribution in [2.75, 3.05) is 23.8 Å². The zero-order valence-corrected chi connectivity index (χ0v) is 11.9. The summed E-state index contributed by atoms with van der Waals surface area (Å²) in [4.78, 5) is 12.9. The van der Waals surface area contributed by atoms with Crippen LogP contribution >= 0.6 is 11.3 Å². The Balaban J connectivity index is 1.79. The Hall–Kier alpha value is -1.36. The van der Waals surface area contributed by atoms with E-state index < -0.39 is 0 Å². The average Bonchev–Trinajstić information content (AvgIpc) is 3.33. The van der Waals surface area contributed by atoms with Gasteiger partial charge in [-0.1, -0.05) is 0 Å². The minimum absolute atomic E-state index is 0.711. The predicted octanol–water partition coefficient (Wildman–Crippen LogP) is 3.11. The average molecular weight is 274 g/mol.